The van der Waals surface area contributed by atoms with Crippen LogP contribution >= 0.6 is 0 Å². The van der Waals surface area contributed by atoms with Crippen molar-refractivity contribution in [1.29, 1.82) is 0 Å². The molecule has 0 atom stereocenters. The van der Waals surface area contributed by atoms with Crippen molar-refractivity contribution in [1.82, 2.24) is 0 Å². The molecule has 0 heterocycles. The van der Waals surface area contributed by atoms with E-state index in [1.54, 1.807) is 0 Å². The van der Waals surface area contributed by atoms with Gasteiger partial charge in [-0.05, 0) is 10.1 Å². The zero-order valence-electron chi connectivity index (χ0n) is 35.5. The third-order valence-electron chi connectivity index (χ3n) is 12.7. The molecule has 0 aliphatic heterocycles. The van der Waals surface area contributed by atoms with Gasteiger partial charge in [-0.15, -0.1) is 0 Å². The van der Waals surface area contributed by atoms with Crippen LogP contribution in [-0.2, 0) is 0 Å². The van der Waals surface area contributed by atoms with Crippen molar-refractivity contribution in [3.05, 3.63) is 0 Å². The quantitative estimate of drug-likeness (QED) is 0.251. The van der Waals surface area contributed by atoms with Crippen molar-refractivity contribution in [2.24, 2.45) is 0 Å². The molecule has 0 nitrogen and oxygen atoms in total. The predicted molar refractivity (Wildman–Crippen MR) is 221 cm³/mol. The van der Waals surface area contributed by atoms with Crippen molar-refractivity contribution < 1.29 is 0 Å². The SMILES string of the molecule is C[Si](C(C)(C)C)C(C)(C)C.C[Si]([Si](C)(C(C)(C)C)C(C)(C)C)[Si]([Si](=[Ge])[Si](C)(C(C)(C)C)C(C)(C)C)(C(C)(C)C)C(C)(C)C. The molecular weight excluding hydrogens is 674 g/mol. The van der Waals surface area contributed by atoms with Crippen LogP contribution in [-0.4, -0.2) is 60.2 Å². The van der Waals surface area contributed by atoms with Crippen molar-refractivity contribution >= 4 is 60.2 Å². The molecule has 7 heteroatoms. The van der Waals surface area contributed by atoms with E-state index in [0.29, 0.717) is 40.3 Å². The summed E-state index contributed by atoms with van der Waals surface area (Å²) < 4.78 is 0. The molecule has 0 aromatic rings. The second-order valence-corrected chi connectivity index (χ2v) is 75.8. The first-order valence-corrected chi connectivity index (χ1v) is 36.9. The molecule has 0 amide bonds. The van der Waals surface area contributed by atoms with Crippen LogP contribution in [0.3, 0.4) is 0 Å². The molecule has 0 fully saturated rings. The van der Waals surface area contributed by atoms with Crippen LogP contribution in [0.5, 0.6) is 0 Å². The fourth-order valence-corrected chi connectivity index (χ4v) is 171. The molecule has 0 unspecified atom stereocenters. The van der Waals surface area contributed by atoms with Gasteiger partial charge >= 0.3 is 226 Å². The summed E-state index contributed by atoms with van der Waals surface area (Å²) >= 11 is 2.91. The van der Waals surface area contributed by atoms with E-state index in [-0.39, 0.29) is 8.80 Å². The third-order valence-corrected chi connectivity index (χ3v) is 116. The van der Waals surface area contributed by atoms with Gasteiger partial charge in [0.25, 0.3) is 0 Å². The Balaban J connectivity index is 0. The zero-order valence-corrected chi connectivity index (χ0v) is 43.6. The van der Waals surface area contributed by atoms with Crippen molar-refractivity contribution in [2.45, 2.75) is 233 Å². The second kappa shape index (κ2) is 13.6. The van der Waals surface area contributed by atoms with Gasteiger partial charge in [-0.2, -0.15) is 0 Å². The van der Waals surface area contributed by atoms with Gasteiger partial charge in [0.15, 0.2) is 0 Å². The van der Waals surface area contributed by atoms with Gasteiger partial charge in [-0.3, -0.25) is 0 Å². The minimum absolute atomic E-state index is 0.221. The third kappa shape index (κ3) is 9.10. The first kappa shape index (κ1) is 47.0. The van der Waals surface area contributed by atoms with Gasteiger partial charge in [-0.1, -0.05) is 48.1 Å². The maximum absolute atomic E-state index is 2.91. The molecule has 0 saturated heterocycles. The van der Waals surface area contributed by atoms with Gasteiger partial charge in [-0.25, -0.2) is 0 Å². The molecule has 256 valence electrons. The van der Waals surface area contributed by atoms with Crippen LogP contribution in [0.4, 0.5) is 0 Å². The Kier molecular flexibility index (Phi) is 14.9. The Morgan fingerprint density at radius 1 is 0.372 bits per heavy atom. The standard InChI is InChI=1S/C27H63GeSi5.C9H21Si/c1-22(2,3)31(20,23(4,5)6)29(19)33(26(13,14)15,27(16,17)18)30(28)32(21,24(7,8)9)25(10,11)12;1-8(2,3)10(7)9(4,5)6/h1-21H3;1-7H3. The minimum atomic E-state index is -1.79. The van der Waals surface area contributed by atoms with E-state index in [9.17, 15) is 0 Å². The van der Waals surface area contributed by atoms with Gasteiger partial charge in [0.05, 0.1) is 8.80 Å². The molecule has 0 rings (SSSR count). The van der Waals surface area contributed by atoms with Gasteiger partial charge in [0.1, 0.15) is 0 Å². The molecular formula is C36H84GeSi6. The molecule has 0 aromatic carbocycles. The fraction of sp³-hybridized carbons (Fsp3) is 1.00. The first-order chi connectivity index (χ1) is 18.0. The summed E-state index contributed by atoms with van der Waals surface area (Å²) in [6, 6.07) is 0. The van der Waals surface area contributed by atoms with E-state index < -0.39 is 36.0 Å². The second-order valence-electron chi connectivity index (χ2n) is 22.6. The van der Waals surface area contributed by atoms with Crippen molar-refractivity contribution in [3.63, 3.8) is 0 Å². The Labute approximate surface area is 291 Å². The molecule has 0 aromatic heterocycles. The molecule has 0 aliphatic carbocycles. The van der Waals surface area contributed by atoms with E-state index in [1.807, 2.05) is 0 Å². The summed E-state index contributed by atoms with van der Waals surface area (Å²) in [5, 5.41) is 3.63. The summed E-state index contributed by atoms with van der Waals surface area (Å²) in [5.74, 6) is -0.596. The van der Waals surface area contributed by atoms with Crippen LogP contribution in [0.25, 0.3) is 0 Å². The summed E-state index contributed by atoms with van der Waals surface area (Å²) in [5.41, 5.74) is 0. The average molecular weight is 758 g/mol. The van der Waals surface area contributed by atoms with E-state index in [1.165, 1.54) is 0 Å². The van der Waals surface area contributed by atoms with Gasteiger partial charge < -0.3 is 0 Å². The topological polar surface area (TPSA) is 0 Å². The van der Waals surface area contributed by atoms with Crippen LogP contribution in [0.15, 0.2) is 0 Å². The Bertz CT molecular complexity index is 870. The van der Waals surface area contributed by atoms with Crippen LogP contribution in [0, 0.1) is 0 Å². The van der Waals surface area contributed by atoms with E-state index in [0.717, 1.165) is 0 Å². The molecule has 0 aliphatic rings. The normalized spacial score (nSPS) is 16.0. The van der Waals surface area contributed by atoms with E-state index >= 15 is 0 Å². The molecule has 0 spiro atoms. The van der Waals surface area contributed by atoms with Crippen LogP contribution < -0.4 is 0 Å². The van der Waals surface area contributed by atoms with Crippen LogP contribution in [0.1, 0.15) is 166 Å². The van der Waals surface area contributed by atoms with Gasteiger partial charge in [0.2, 0.25) is 0 Å². The number of rotatable bonds is 4. The molecule has 43 heavy (non-hydrogen) atoms. The van der Waals surface area contributed by atoms with Crippen molar-refractivity contribution in [2.75, 3.05) is 0 Å². The number of hydrogen-bond acceptors (Lipinski definition) is 0. The Morgan fingerprint density at radius 3 is 0.698 bits per heavy atom. The summed E-state index contributed by atoms with van der Waals surface area (Å²) in [6.45, 7) is 72.8. The molecule has 4 radical (unpaired) electrons. The van der Waals surface area contributed by atoms with Crippen LogP contribution in [0.2, 0.25) is 66.5 Å². The summed E-state index contributed by atoms with van der Waals surface area (Å²) in [6.07, 6.45) is 0. The average Bonchev–Trinajstić information content (AvgIpc) is 2.65. The number of hydrogen-bond donors (Lipinski definition) is 0. The van der Waals surface area contributed by atoms with Gasteiger partial charge in [0, 0.05) is 0 Å². The Hall–Kier alpha value is 1.84. The molecule has 0 saturated carbocycles. The maximum atomic E-state index is 2.91. The van der Waals surface area contributed by atoms with Crippen molar-refractivity contribution in [3.8, 4) is 0 Å². The van der Waals surface area contributed by atoms with E-state index in [2.05, 4.69) is 208 Å². The summed E-state index contributed by atoms with van der Waals surface area (Å²) in [7, 11) is -5.92. The fourth-order valence-electron chi connectivity index (χ4n) is 9.19. The Morgan fingerprint density at radius 2 is 0.581 bits per heavy atom. The summed E-state index contributed by atoms with van der Waals surface area (Å²) in [4.78, 5) is 0. The zero-order chi connectivity index (χ0) is 36.2. The molecule has 0 bridgehead atoms. The molecule has 0 N–H and O–H groups in total. The first-order valence-electron chi connectivity index (χ1n) is 17.2. The van der Waals surface area contributed by atoms with E-state index in [4.69, 9.17) is 0 Å². The predicted octanol–water partition coefficient (Wildman–Crippen LogP) is 13.7. The monoisotopic (exact) mass is 758 g/mol.